The van der Waals surface area contributed by atoms with Crippen molar-refractivity contribution in [2.24, 2.45) is 0 Å². The molecule has 4 aromatic rings. The van der Waals surface area contributed by atoms with E-state index in [1.165, 1.54) is 0 Å². The van der Waals surface area contributed by atoms with Crippen molar-refractivity contribution in [1.82, 2.24) is 5.32 Å². The van der Waals surface area contributed by atoms with Crippen molar-refractivity contribution in [1.29, 1.82) is 0 Å². The molecule has 0 aromatic heterocycles. The molecule has 0 saturated heterocycles. The number of Topliss-reactive ketones (excluding diaryl/α,β-unsaturated/α-hetero) is 1. The van der Waals surface area contributed by atoms with E-state index in [4.69, 9.17) is 18.9 Å². The average Bonchev–Trinajstić information content (AvgIpc) is 3.10. The van der Waals surface area contributed by atoms with Gasteiger partial charge < -0.3 is 24.3 Å². The number of ketones is 1. The fourth-order valence-electron chi connectivity index (χ4n) is 6.46. The summed E-state index contributed by atoms with van der Waals surface area (Å²) in [7, 11) is 3.23. The van der Waals surface area contributed by atoms with E-state index in [0.717, 1.165) is 33.7 Å². The molecular weight excluding hydrogens is 590 g/mol. The predicted molar refractivity (Wildman–Crippen MR) is 180 cm³/mol. The van der Waals surface area contributed by atoms with Crippen LogP contribution in [-0.2, 0) is 27.4 Å². The number of methoxy groups -OCH3 is 2. The van der Waals surface area contributed by atoms with Crippen LogP contribution in [0.3, 0.4) is 0 Å². The number of hydrogen-bond acceptors (Lipinski definition) is 7. The minimum atomic E-state index is -0.628. The van der Waals surface area contributed by atoms with Crippen molar-refractivity contribution < 1.29 is 28.5 Å². The summed E-state index contributed by atoms with van der Waals surface area (Å²) in [5.41, 5.74) is 6.46. The molecule has 4 aromatic carbocycles. The van der Waals surface area contributed by atoms with Gasteiger partial charge in [0.25, 0.3) is 0 Å². The van der Waals surface area contributed by atoms with Crippen LogP contribution in [0.25, 0.3) is 0 Å². The Labute approximate surface area is 275 Å². The fraction of sp³-hybridized carbons (Fsp3) is 0.250. The van der Waals surface area contributed by atoms with E-state index in [9.17, 15) is 9.59 Å². The second-order valence-corrected chi connectivity index (χ2v) is 11.8. The van der Waals surface area contributed by atoms with Gasteiger partial charge in [0.05, 0.1) is 26.4 Å². The number of nitrogens with one attached hydrogen (secondary N) is 1. The molecule has 2 atom stereocenters. The minimum Gasteiger partial charge on any atom is -0.497 e. The number of hydrogen-bond donors (Lipinski definition) is 1. The van der Waals surface area contributed by atoms with Crippen LogP contribution in [-0.4, -0.2) is 32.6 Å². The van der Waals surface area contributed by atoms with Gasteiger partial charge >= 0.3 is 5.97 Å². The van der Waals surface area contributed by atoms with E-state index in [-0.39, 0.29) is 18.3 Å². The molecule has 0 amide bonds. The highest BCUT2D eigenvalue weighted by atomic mass is 16.5. The zero-order valence-corrected chi connectivity index (χ0v) is 27.0. The molecule has 0 bridgehead atoms. The lowest BCUT2D eigenvalue weighted by molar-refractivity contribution is -0.139. The lowest BCUT2D eigenvalue weighted by atomic mass is 9.71. The smallest absolute Gasteiger partial charge is 0.336 e. The number of carbonyl (C=O) groups excluding carboxylic acids is 2. The second-order valence-electron chi connectivity index (χ2n) is 11.8. The summed E-state index contributed by atoms with van der Waals surface area (Å²) in [6, 6.07) is 33.3. The Morgan fingerprint density at radius 3 is 2.15 bits per heavy atom. The molecule has 1 aliphatic heterocycles. The number of dihydropyridines is 1. The van der Waals surface area contributed by atoms with Crippen molar-refractivity contribution in [3.8, 4) is 17.2 Å². The third-order valence-electron chi connectivity index (χ3n) is 8.86. The van der Waals surface area contributed by atoms with Gasteiger partial charge in [-0.3, -0.25) is 4.79 Å². The van der Waals surface area contributed by atoms with Crippen molar-refractivity contribution >= 4 is 11.8 Å². The van der Waals surface area contributed by atoms with Crippen LogP contribution in [0.15, 0.2) is 126 Å². The highest BCUT2D eigenvalue weighted by Gasteiger charge is 2.41. The first kappa shape index (κ1) is 31.7. The van der Waals surface area contributed by atoms with Crippen molar-refractivity contribution in [2.45, 2.75) is 44.6 Å². The van der Waals surface area contributed by atoms with Gasteiger partial charge in [0.15, 0.2) is 17.3 Å². The van der Waals surface area contributed by atoms with E-state index < -0.39 is 11.9 Å². The van der Waals surface area contributed by atoms with Crippen LogP contribution in [0.1, 0.15) is 53.9 Å². The first-order chi connectivity index (χ1) is 22.9. The van der Waals surface area contributed by atoms with Gasteiger partial charge in [0.1, 0.15) is 12.4 Å². The number of esters is 1. The first-order valence-electron chi connectivity index (χ1n) is 15.9. The van der Waals surface area contributed by atoms with E-state index >= 15 is 0 Å². The summed E-state index contributed by atoms with van der Waals surface area (Å²) >= 11 is 0. The largest absolute Gasteiger partial charge is 0.497 e. The molecule has 240 valence electrons. The fourth-order valence-corrected chi connectivity index (χ4v) is 6.46. The maximum absolute atomic E-state index is 14.1. The molecule has 0 spiro atoms. The van der Waals surface area contributed by atoms with Gasteiger partial charge in [-0.15, -0.1) is 0 Å². The summed E-state index contributed by atoms with van der Waals surface area (Å²) in [4.78, 5) is 28.0. The van der Waals surface area contributed by atoms with E-state index in [1.807, 2.05) is 110 Å². The number of benzene rings is 4. The van der Waals surface area contributed by atoms with E-state index in [1.54, 1.807) is 14.2 Å². The lowest BCUT2D eigenvalue weighted by Gasteiger charge is -2.37. The molecule has 47 heavy (non-hydrogen) atoms. The number of ether oxygens (including phenoxy) is 4. The van der Waals surface area contributed by atoms with Crippen molar-refractivity contribution in [3.05, 3.63) is 148 Å². The minimum absolute atomic E-state index is 0.00391. The standard InChI is InChI=1S/C40H39NO6/c1-26-37(40(43)46-21-20-27-10-6-4-7-11-27)38(30-16-19-35(36(24-30)45-3)47-25-28-12-8-5-9-13-28)39-33(41-26)22-31(23-34(39)42)29-14-17-32(44-2)18-15-29/h4-19,24,31,38,41H,20-23,25H2,1-3H3/t31-,38-/m0/s1. The highest BCUT2D eigenvalue weighted by molar-refractivity contribution is 6.04. The van der Waals surface area contributed by atoms with Gasteiger partial charge in [-0.25, -0.2) is 4.79 Å². The van der Waals surface area contributed by atoms with Crippen LogP contribution < -0.4 is 19.5 Å². The predicted octanol–water partition coefficient (Wildman–Crippen LogP) is 7.43. The average molecular weight is 630 g/mol. The number of rotatable bonds is 11. The molecule has 7 heteroatoms. The SMILES string of the molecule is COc1ccc([C@@H]2CC(=O)C3=C(C2)NC(C)=C(C(=O)OCCc2ccccc2)[C@@H]3c2ccc(OCc3ccccc3)c(OC)c2)cc1. The van der Waals surface area contributed by atoms with Crippen molar-refractivity contribution in [3.63, 3.8) is 0 Å². The van der Waals surface area contributed by atoms with Gasteiger partial charge in [0, 0.05) is 35.7 Å². The first-order valence-corrected chi connectivity index (χ1v) is 15.9. The quantitative estimate of drug-likeness (QED) is 0.173. The molecule has 1 heterocycles. The molecule has 0 fully saturated rings. The molecular formula is C40H39NO6. The Morgan fingerprint density at radius 2 is 1.47 bits per heavy atom. The Morgan fingerprint density at radius 1 is 0.787 bits per heavy atom. The van der Waals surface area contributed by atoms with Crippen LogP contribution in [0.2, 0.25) is 0 Å². The number of carbonyl (C=O) groups is 2. The summed E-state index contributed by atoms with van der Waals surface area (Å²) < 4.78 is 23.1. The Kier molecular flexibility index (Phi) is 9.72. The Hall–Kier alpha value is -5.30. The molecule has 2 aliphatic rings. The molecule has 0 radical (unpaired) electrons. The third-order valence-corrected chi connectivity index (χ3v) is 8.86. The lowest BCUT2D eigenvalue weighted by Crippen LogP contribution is -2.36. The maximum Gasteiger partial charge on any atom is 0.336 e. The maximum atomic E-state index is 14.1. The van der Waals surface area contributed by atoms with Crippen LogP contribution in [0.5, 0.6) is 17.2 Å². The second kappa shape index (κ2) is 14.4. The Balaban J connectivity index is 1.33. The summed E-state index contributed by atoms with van der Waals surface area (Å²) in [5.74, 6) is 0.781. The van der Waals surface area contributed by atoms with Crippen LogP contribution >= 0.6 is 0 Å². The number of allylic oxidation sites excluding steroid dienone is 3. The zero-order valence-electron chi connectivity index (χ0n) is 27.0. The van der Waals surface area contributed by atoms with Gasteiger partial charge in [0.2, 0.25) is 0 Å². The van der Waals surface area contributed by atoms with Crippen LogP contribution in [0, 0.1) is 0 Å². The topological polar surface area (TPSA) is 83.1 Å². The van der Waals surface area contributed by atoms with E-state index in [0.29, 0.717) is 54.2 Å². The van der Waals surface area contributed by atoms with E-state index in [2.05, 4.69) is 5.32 Å². The van der Waals surface area contributed by atoms with Crippen molar-refractivity contribution in [2.75, 3.05) is 20.8 Å². The molecule has 1 N–H and O–H groups in total. The molecule has 1 aliphatic carbocycles. The van der Waals surface area contributed by atoms with Gasteiger partial charge in [-0.1, -0.05) is 78.9 Å². The molecule has 0 saturated carbocycles. The molecule has 7 nitrogen and oxygen atoms in total. The normalized spacial score (nSPS) is 17.5. The summed E-state index contributed by atoms with van der Waals surface area (Å²) in [6.45, 7) is 2.48. The molecule has 0 unspecified atom stereocenters. The summed E-state index contributed by atoms with van der Waals surface area (Å²) in [5, 5.41) is 3.45. The Bertz CT molecular complexity index is 1790. The molecule has 6 rings (SSSR count). The van der Waals surface area contributed by atoms with Gasteiger partial charge in [-0.05, 0) is 65.8 Å². The highest BCUT2D eigenvalue weighted by Crippen LogP contribution is 2.47. The summed E-state index contributed by atoms with van der Waals surface area (Å²) in [6.07, 6.45) is 1.55. The third kappa shape index (κ3) is 7.09. The zero-order chi connectivity index (χ0) is 32.8. The van der Waals surface area contributed by atoms with Crippen LogP contribution in [0.4, 0.5) is 0 Å². The van der Waals surface area contributed by atoms with Gasteiger partial charge in [-0.2, -0.15) is 0 Å². The monoisotopic (exact) mass is 629 g/mol.